The van der Waals surface area contributed by atoms with Crippen LogP contribution in [0.1, 0.15) is 16.7 Å². The molecular weight excluding hydrogens is 272 g/mol. The summed E-state index contributed by atoms with van der Waals surface area (Å²) in [6.45, 7) is 3.59. The molecule has 0 spiro atoms. The van der Waals surface area contributed by atoms with Gasteiger partial charge in [-0.3, -0.25) is 4.72 Å². The summed E-state index contributed by atoms with van der Waals surface area (Å²) in [5.74, 6) is 0. The molecule has 0 aliphatic rings. The van der Waals surface area contributed by atoms with Crippen molar-refractivity contribution in [3.63, 3.8) is 0 Å². The molecule has 5 heteroatoms. The zero-order chi connectivity index (χ0) is 14.8. The van der Waals surface area contributed by atoms with E-state index in [1.165, 1.54) is 6.07 Å². The molecule has 0 fully saturated rings. The summed E-state index contributed by atoms with van der Waals surface area (Å²) >= 11 is 0. The van der Waals surface area contributed by atoms with Gasteiger partial charge in [-0.15, -0.1) is 0 Å². The van der Waals surface area contributed by atoms with Crippen molar-refractivity contribution < 1.29 is 8.42 Å². The number of aryl methyl sites for hydroxylation is 2. The predicted octanol–water partition coefficient (Wildman–Crippen LogP) is 2.98. The van der Waals surface area contributed by atoms with Gasteiger partial charge >= 0.3 is 0 Å². The maximum absolute atomic E-state index is 12.4. The second-order valence-electron chi connectivity index (χ2n) is 4.57. The molecule has 2 rings (SSSR count). The van der Waals surface area contributed by atoms with Gasteiger partial charge in [0.1, 0.15) is 0 Å². The minimum Gasteiger partial charge on any atom is -0.280 e. The normalized spacial score (nSPS) is 10.8. The lowest BCUT2D eigenvalue weighted by Gasteiger charge is -2.11. The Morgan fingerprint density at radius 1 is 1.10 bits per heavy atom. The van der Waals surface area contributed by atoms with Crippen LogP contribution in [0.2, 0.25) is 0 Å². The van der Waals surface area contributed by atoms with E-state index in [1.54, 1.807) is 37.3 Å². The monoisotopic (exact) mass is 286 g/mol. The average Bonchev–Trinajstić information content (AvgIpc) is 2.41. The Bertz CT molecular complexity index is 790. The van der Waals surface area contributed by atoms with Crippen LogP contribution in [-0.2, 0) is 10.0 Å². The van der Waals surface area contributed by atoms with Gasteiger partial charge in [-0.1, -0.05) is 18.2 Å². The smallest absolute Gasteiger partial charge is 0.262 e. The first kappa shape index (κ1) is 14.1. The van der Waals surface area contributed by atoms with Gasteiger partial charge in [-0.25, -0.2) is 8.42 Å². The van der Waals surface area contributed by atoms with Gasteiger partial charge in [0.2, 0.25) is 0 Å². The molecule has 0 heterocycles. The molecule has 20 heavy (non-hydrogen) atoms. The zero-order valence-corrected chi connectivity index (χ0v) is 12.0. The molecule has 0 bridgehead atoms. The van der Waals surface area contributed by atoms with E-state index in [0.717, 1.165) is 5.56 Å². The lowest BCUT2D eigenvalue weighted by atomic mass is 10.2. The summed E-state index contributed by atoms with van der Waals surface area (Å²) in [5.41, 5.74) is 2.34. The van der Waals surface area contributed by atoms with Crippen LogP contribution < -0.4 is 4.72 Å². The van der Waals surface area contributed by atoms with Crippen molar-refractivity contribution in [2.45, 2.75) is 18.7 Å². The fourth-order valence-electron chi connectivity index (χ4n) is 1.86. The second-order valence-corrected chi connectivity index (χ2v) is 6.22. The van der Waals surface area contributed by atoms with E-state index in [0.29, 0.717) is 16.8 Å². The topological polar surface area (TPSA) is 70.0 Å². The van der Waals surface area contributed by atoms with Gasteiger partial charge in [-0.2, -0.15) is 5.26 Å². The molecule has 0 atom stereocenters. The molecule has 0 radical (unpaired) electrons. The molecule has 0 aliphatic heterocycles. The number of anilines is 1. The van der Waals surface area contributed by atoms with E-state index in [2.05, 4.69) is 4.72 Å². The van der Waals surface area contributed by atoms with E-state index >= 15 is 0 Å². The van der Waals surface area contributed by atoms with Crippen molar-refractivity contribution in [2.24, 2.45) is 0 Å². The van der Waals surface area contributed by atoms with Gasteiger partial charge in [-0.05, 0) is 49.2 Å². The standard InChI is InChI=1S/C15H14N2O2S/c1-11-6-7-12(2)15(8-11)20(18,19)17-14-5-3-4-13(9-14)10-16/h3-9,17H,1-2H3. The number of nitrogens with zero attached hydrogens (tertiary/aromatic N) is 1. The second kappa shape index (κ2) is 5.35. The minimum atomic E-state index is -3.65. The molecule has 1 N–H and O–H groups in total. The largest absolute Gasteiger partial charge is 0.280 e. The van der Waals surface area contributed by atoms with Crippen LogP contribution in [0.3, 0.4) is 0 Å². The predicted molar refractivity (Wildman–Crippen MR) is 77.9 cm³/mol. The molecule has 0 unspecified atom stereocenters. The van der Waals surface area contributed by atoms with Crippen LogP contribution in [0, 0.1) is 25.2 Å². The van der Waals surface area contributed by atoms with Crippen molar-refractivity contribution in [2.75, 3.05) is 4.72 Å². The minimum absolute atomic E-state index is 0.250. The van der Waals surface area contributed by atoms with Crippen LogP contribution in [0.5, 0.6) is 0 Å². The van der Waals surface area contributed by atoms with Crippen LogP contribution in [-0.4, -0.2) is 8.42 Å². The third-order valence-corrected chi connectivity index (χ3v) is 4.40. The number of hydrogen-bond donors (Lipinski definition) is 1. The third-order valence-electron chi connectivity index (χ3n) is 2.88. The molecule has 2 aromatic rings. The van der Waals surface area contributed by atoms with Crippen molar-refractivity contribution in [1.29, 1.82) is 5.26 Å². The van der Waals surface area contributed by atoms with Crippen LogP contribution in [0.25, 0.3) is 0 Å². The van der Waals surface area contributed by atoms with Crippen molar-refractivity contribution >= 4 is 15.7 Å². The summed E-state index contributed by atoms with van der Waals surface area (Å²) in [4.78, 5) is 0.250. The van der Waals surface area contributed by atoms with Crippen molar-refractivity contribution in [3.05, 3.63) is 59.2 Å². The molecule has 0 aromatic heterocycles. The maximum atomic E-state index is 12.4. The Morgan fingerprint density at radius 2 is 1.85 bits per heavy atom. The number of benzene rings is 2. The highest BCUT2D eigenvalue weighted by molar-refractivity contribution is 7.92. The lowest BCUT2D eigenvalue weighted by Crippen LogP contribution is -2.14. The van der Waals surface area contributed by atoms with Crippen LogP contribution in [0.4, 0.5) is 5.69 Å². The SMILES string of the molecule is Cc1ccc(C)c(S(=O)(=O)Nc2cccc(C#N)c2)c1. The number of rotatable bonds is 3. The highest BCUT2D eigenvalue weighted by Gasteiger charge is 2.17. The number of nitriles is 1. The van der Waals surface area contributed by atoms with Gasteiger partial charge in [0.25, 0.3) is 10.0 Å². The molecule has 102 valence electrons. The summed E-state index contributed by atoms with van der Waals surface area (Å²) in [6.07, 6.45) is 0. The molecule has 0 saturated carbocycles. The van der Waals surface area contributed by atoms with Crippen LogP contribution >= 0.6 is 0 Å². The Labute approximate surface area is 118 Å². The molecule has 2 aromatic carbocycles. The van der Waals surface area contributed by atoms with Gasteiger partial charge in [0, 0.05) is 0 Å². The summed E-state index contributed by atoms with van der Waals surface area (Å²) in [5, 5.41) is 8.83. The quantitative estimate of drug-likeness (QED) is 0.943. The third kappa shape index (κ3) is 2.98. The van der Waals surface area contributed by atoms with E-state index < -0.39 is 10.0 Å². The maximum Gasteiger partial charge on any atom is 0.262 e. The first-order chi connectivity index (χ1) is 9.42. The van der Waals surface area contributed by atoms with Crippen molar-refractivity contribution in [1.82, 2.24) is 0 Å². The summed E-state index contributed by atoms with van der Waals surface area (Å²) in [7, 11) is -3.65. The molecule has 0 aliphatic carbocycles. The van der Waals surface area contributed by atoms with Crippen LogP contribution in [0.15, 0.2) is 47.4 Å². The fraction of sp³-hybridized carbons (Fsp3) is 0.133. The molecule has 4 nitrogen and oxygen atoms in total. The Kier molecular flexibility index (Phi) is 3.77. The van der Waals surface area contributed by atoms with Gasteiger partial charge in [0.05, 0.1) is 22.2 Å². The van der Waals surface area contributed by atoms with Gasteiger partial charge < -0.3 is 0 Å². The fourth-order valence-corrected chi connectivity index (χ4v) is 3.24. The first-order valence-corrected chi connectivity index (χ1v) is 7.51. The Hall–Kier alpha value is -2.32. The number of hydrogen-bond acceptors (Lipinski definition) is 3. The van der Waals surface area contributed by atoms with E-state index in [1.807, 2.05) is 19.1 Å². The van der Waals surface area contributed by atoms with Crippen molar-refractivity contribution in [3.8, 4) is 6.07 Å². The Balaban J connectivity index is 2.41. The zero-order valence-electron chi connectivity index (χ0n) is 11.2. The Morgan fingerprint density at radius 3 is 2.55 bits per heavy atom. The molecule has 0 saturated heterocycles. The molecular formula is C15H14N2O2S. The highest BCUT2D eigenvalue weighted by atomic mass is 32.2. The summed E-state index contributed by atoms with van der Waals surface area (Å²) < 4.78 is 27.3. The highest BCUT2D eigenvalue weighted by Crippen LogP contribution is 2.21. The van der Waals surface area contributed by atoms with Gasteiger partial charge in [0.15, 0.2) is 0 Å². The average molecular weight is 286 g/mol. The molecule has 0 amide bonds. The first-order valence-electron chi connectivity index (χ1n) is 6.02. The van der Waals surface area contributed by atoms with E-state index in [-0.39, 0.29) is 4.90 Å². The number of sulfonamides is 1. The van der Waals surface area contributed by atoms with E-state index in [9.17, 15) is 8.42 Å². The van der Waals surface area contributed by atoms with E-state index in [4.69, 9.17) is 5.26 Å². The summed E-state index contributed by atoms with van der Waals surface area (Å²) in [6, 6.07) is 13.6. The number of nitrogens with one attached hydrogen (secondary N) is 1. The lowest BCUT2D eigenvalue weighted by molar-refractivity contribution is 0.600.